The van der Waals surface area contributed by atoms with Gasteiger partial charge in [-0.2, -0.15) is 0 Å². The average molecular weight is 386 g/mol. The van der Waals surface area contributed by atoms with Crippen molar-refractivity contribution in [3.63, 3.8) is 0 Å². The summed E-state index contributed by atoms with van der Waals surface area (Å²) in [7, 11) is 0. The van der Waals surface area contributed by atoms with E-state index in [0.29, 0.717) is 12.3 Å². The first-order valence-corrected chi connectivity index (χ1v) is 10.2. The van der Waals surface area contributed by atoms with Gasteiger partial charge in [0.25, 0.3) is 0 Å². The fraction of sp³-hybridized carbons (Fsp3) is 0.333. The van der Waals surface area contributed by atoms with Gasteiger partial charge in [0.1, 0.15) is 0 Å². The topological polar surface area (TPSA) is 69.9 Å². The molecule has 4 rings (SSSR count). The Kier molecular flexibility index (Phi) is 5.65. The smallest absolute Gasteiger partial charge is 0.222 e. The standard InChI is InChI=1S/C24H26N4O/c1-17-12-20(21-8-7-19(13-25)24-22(21)5-3-11-27-24)16-28(15-17)23(29)9-6-18-4-2-10-26-14-18/h2-5,7-8,10-11,13-14,17,20,25H,6,9,12,15-16H2,1H3/t17?,20-/m0/s1. The highest BCUT2D eigenvalue weighted by Crippen LogP contribution is 2.35. The number of hydrogen-bond donors (Lipinski definition) is 1. The lowest BCUT2D eigenvalue weighted by Crippen LogP contribution is -2.42. The second-order valence-corrected chi connectivity index (χ2v) is 7.99. The van der Waals surface area contributed by atoms with Crippen molar-refractivity contribution in [1.82, 2.24) is 14.9 Å². The van der Waals surface area contributed by atoms with Crippen LogP contribution in [0.15, 0.2) is 55.0 Å². The number of nitrogens with one attached hydrogen (secondary N) is 1. The summed E-state index contributed by atoms with van der Waals surface area (Å²) in [5.41, 5.74) is 4.03. The molecule has 5 heteroatoms. The molecule has 1 amide bonds. The molecule has 0 aliphatic carbocycles. The van der Waals surface area contributed by atoms with Crippen LogP contribution in [0.2, 0.25) is 0 Å². The largest absolute Gasteiger partial charge is 0.342 e. The van der Waals surface area contributed by atoms with Crippen LogP contribution in [0.1, 0.15) is 42.4 Å². The van der Waals surface area contributed by atoms with Crippen LogP contribution in [-0.2, 0) is 11.2 Å². The Balaban J connectivity index is 1.54. The van der Waals surface area contributed by atoms with E-state index < -0.39 is 0 Å². The van der Waals surface area contributed by atoms with Crippen molar-refractivity contribution in [3.8, 4) is 0 Å². The number of benzene rings is 1. The molecular weight excluding hydrogens is 360 g/mol. The van der Waals surface area contributed by atoms with E-state index in [4.69, 9.17) is 5.41 Å². The predicted octanol–water partition coefficient (Wildman–Crippen LogP) is 4.21. The fourth-order valence-corrected chi connectivity index (χ4v) is 4.42. The number of nitrogens with zero attached hydrogens (tertiary/aromatic N) is 3. The lowest BCUT2D eigenvalue weighted by Gasteiger charge is -2.37. The minimum atomic E-state index is 0.212. The Labute approximate surface area is 171 Å². The average Bonchev–Trinajstić information content (AvgIpc) is 2.77. The number of hydrogen-bond acceptors (Lipinski definition) is 4. The molecule has 1 saturated heterocycles. The molecule has 1 aliphatic rings. The van der Waals surface area contributed by atoms with Crippen LogP contribution in [0.5, 0.6) is 0 Å². The molecule has 29 heavy (non-hydrogen) atoms. The van der Waals surface area contributed by atoms with Crippen molar-refractivity contribution in [2.24, 2.45) is 5.92 Å². The Morgan fingerprint density at radius 3 is 2.86 bits per heavy atom. The van der Waals surface area contributed by atoms with E-state index in [1.165, 1.54) is 11.8 Å². The van der Waals surface area contributed by atoms with Gasteiger partial charge >= 0.3 is 0 Å². The number of pyridine rings is 2. The highest BCUT2D eigenvalue weighted by atomic mass is 16.2. The summed E-state index contributed by atoms with van der Waals surface area (Å²) >= 11 is 0. The van der Waals surface area contributed by atoms with Crippen LogP contribution in [0.4, 0.5) is 0 Å². The summed E-state index contributed by atoms with van der Waals surface area (Å²) in [6.45, 7) is 3.78. The highest BCUT2D eigenvalue weighted by Gasteiger charge is 2.29. The van der Waals surface area contributed by atoms with E-state index in [9.17, 15) is 4.79 Å². The van der Waals surface area contributed by atoms with Crippen molar-refractivity contribution < 1.29 is 4.79 Å². The molecule has 1 aliphatic heterocycles. The van der Waals surface area contributed by atoms with E-state index >= 15 is 0 Å². The molecule has 1 N–H and O–H groups in total. The molecule has 0 radical (unpaired) electrons. The number of piperidine rings is 1. The van der Waals surface area contributed by atoms with Crippen molar-refractivity contribution >= 4 is 23.0 Å². The van der Waals surface area contributed by atoms with Gasteiger partial charge in [-0.15, -0.1) is 0 Å². The number of amides is 1. The molecule has 148 valence electrons. The van der Waals surface area contributed by atoms with Crippen LogP contribution in [0.3, 0.4) is 0 Å². The third kappa shape index (κ3) is 4.19. The molecule has 3 heterocycles. The zero-order valence-corrected chi connectivity index (χ0v) is 16.7. The number of rotatable bonds is 5. The number of likely N-dealkylation sites (tertiary alicyclic amines) is 1. The van der Waals surface area contributed by atoms with Gasteiger partial charge in [0.2, 0.25) is 5.91 Å². The van der Waals surface area contributed by atoms with E-state index in [1.807, 2.05) is 35.4 Å². The number of fused-ring (bicyclic) bond motifs is 1. The summed E-state index contributed by atoms with van der Waals surface area (Å²) in [5.74, 6) is 0.946. The lowest BCUT2D eigenvalue weighted by atomic mass is 9.83. The molecule has 0 saturated carbocycles. The van der Waals surface area contributed by atoms with Crippen LogP contribution < -0.4 is 0 Å². The maximum Gasteiger partial charge on any atom is 0.222 e. The number of aryl methyl sites for hydroxylation is 1. The first kappa shape index (κ1) is 19.2. The molecule has 5 nitrogen and oxygen atoms in total. The van der Waals surface area contributed by atoms with Gasteiger partial charge in [-0.1, -0.05) is 31.2 Å². The highest BCUT2D eigenvalue weighted by molar-refractivity contribution is 5.98. The molecule has 2 aromatic heterocycles. The number of aromatic nitrogens is 2. The summed E-state index contributed by atoms with van der Waals surface area (Å²) in [6.07, 6.45) is 9.02. The van der Waals surface area contributed by atoms with Gasteiger partial charge in [-0.3, -0.25) is 14.8 Å². The van der Waals surface area contributed by atoms with Gasteiger partial charge in [0.05, 0.1) is 5.52 Å². The number of carbonyl (C=O) groups is 1. The van der Waals surface area contributed by atoms with Crippen LogP contribution in [0, 0.1) is 11.3 Å². The summed E-state index contributed by atoms with van der Waals surface area (Å²) < 4.78 is 0. The maximum absolute atomic E-state index is 12.9. The molecule has 0 bridgehead atoms. The van der Waals surface area contributed by atoms with Crippen molar-refractivity contribution in [2.45, 2.75) is 32.1 Å². The first-order valence-electron chi connectivity index (χ1n) is 10.2. The molecule has 1 aromatic carbocycles. The second kappa shape index (κ2) is 8.52. The zero-order valence-electron chi connectivity index (χ0n) is 16.7. The van der Waals surface area contributed by atoms with Crippen molar-refractivity contribution in [3.05, 3.63) is 71.7 Å². The first-order chi connectivity index (χ1) is 14.2. The van der Waals surface area contributed by atoms with Crippen LogP contribution >= 0.6 is 0 Å². The molecule has 2 atom stereocenters. The van der Waals surface area contributed by atoms with E-state index in [2.05, 4.69) is 29.0 Å². The van der Waals surface area contributed by atoms with Gasteiger partial charge in [-0.05, 0) is 42.0 Å². The second-order valence-electron chi connectivity index (χ2n) is 7.99. The Morgan fingerprint density at radius 2 is 2.07 bits per heavy atom. The Morgan fingerprint density at radius 1 is 1.21 bits per heavy atom. The van der Waals surface area contributed by atoms with Crippen molar-refractivity contribution in [1.29, 1.82) is 5.41 Å². The SMILES string of the molecule is CC1C[C@H](c2ccc(C=N)c3ncccc23)CN(C(=O)CCc2cccnc2)C1. The molecule has 0 spiro atoms. The van der Waals surface area contributed by atoms with Gasteiger partial charge < -0.3 is 10.3 Å². The normalized spacial score (nSPS) is 19.3. The van der Waals surface area contributed by atoms with Crippen molar-refractivity contribution in [2.75, 3.05) is 13.1 Å². The zero-order chi connectivity index (χ0) is 20.2. The quantitative estimate of drug-likeness (QED) is 0.668. The van der Waals surface area contributed by atoms with E-state index in [-0.39, 0.29) is 11.8 Å². The fourth-order valence-electron chi connectivity index (χ4n) is 4.42. The summed E-state index contributed by atoms with van der Waals surface area (Å²) in [4.78, 5) is 23.6. The monoisotopic (exact) mass is 386 g/mol. The molecule has 1 fully saturated rings. The molecule has 3 aromatic rings. The Hall–Kier alpha value is -3.08. The van der Waals surface area contributed by atoms with E-state index in [0.717, 1.165) is 48.0 Å². The third-order valence-electron chi connectivity index (χ3n) is 5.79. The maximum atomic E-state index is 12.9. The van der Waals surface area contributed by atoms with Gasteiger partial charge in [0, 0.05) is 61.2 Å². The van der Waals surface area contributed by atoms with Crippen LogP contribution in [0.25, 0.3) is 10.9 Å². The number of carbonyl (C=O) groups excluding carboxylic acids is 1. The van der Waals surface area contributed by atoms with Crippen LogP contribution in [-0.4, -0.2) is 40.1 Å². The van der Waals surface area contributed by atoms with E-state index in [1.54, 1.807) is 12.4 Å². The Bertz CT molecular complexity index is 1020. The molecule has 1 unspecified atom stereocenters. The molecular formula is C24H26N4O. The summed E-state index contributed by atoms with van der Waals surface area (Å²) in [6, 6.07) is 12.1. The lowest BCUT2D eigenvalue weighted by molar-refractivity contribution is -0.133. The predicted molar refractivity (Wildman–Crippen MR) is 115 cm³/mol. The third-order valence-corrected chi connectivity index (χ3v) is 5.79. The summed E-state index contributed by atoms with van der Waals surface area (Å²) in [5, 5.41) is 8.75. The minimum Gasteiger partial charge on any atom is -0.342 e. The minimum absolute atomic E-state index is 0.212. The van der Waals surface area contributed by atoms with Gasteiger partial charge in [0.15, 0.2) is 0 Å². The van der Waals surface area contributed by atoms with Gasteiger partial charge in [-0.25, -0.2) is 0 Å².